The summed E-state index contributed by atoms with van der Waals surface area (Å²) >= 11 is 0. The lowest BCUT2D eigenvalue weighted by molar-refractivity contribution is 0.00713. The summed E-state index contributed by atoms with van der Waals surface area (Å²) in [7, 11) is 0. The first-order valence-corrected chi connectivity index (χ1v) is 7.69. The van der Waals surface area contributed by atoms with Gasteiger partial charge in [-0.25, -0.2) is 0 Å². The molecule has 0 radical (unpaired) electrons. The molecule has 1 aromatic rings. The van der Waals surface area contributed by atoms with E-state index < -0.39 is 5.60 Å². The molecule has 0 bridgehead atoms. The first-order chi connectivity index (χ1) is 9.19. The molecule has 0 aliphatic heterocycles. The van der Waals surface area contributed by atoms with Crippen LogP contribution >= 0.6 is 0 Å². The average Bonchev–Trinajstić information content (AvgIpc) is 2.89. The van der Waals surface area contributed by atoms with E-state index in [1.54, 1.807) is 0 Å². The largest absolute Gasteiger partial charge is 0.389 e. The van der Waals surface area contributed by atoms with Gasteiger partial charge in [0.2, 0.25) is 0 Å². The molecule has 1 aliphatic rings. The summed E-state index contributed by atoms with van der Waals surface area (Å²) in [5.74, 6) is 0.246. The van der Waals surface area contributed by atoms with Gasteiger partial charge in [-0.2, -0.15) is 0 Å². The summed E-state index contributed by atoms with van der Waals surface area (Å²) in [5.41, 5.74) is 0.794. The SMILES string of the molecule is CCN(CC)C[C@H](c1ccccc1)C1(O)CCCC1. The molecule has 0 aromatic heterocycles. The maximum absolute atomic E-state index is 11.0. The zero-order valence-electron chi connectivity index (χ0n) is 12.3. The van der Waals surface area contributed by atoms with E-state index in [0.29, 0.717) is 0 Å². The molecule has 1 aliphatic carbocycles. The van der Waals surface area contributed by atoms with E-state index in [4.69, 9.17) is 0 Å². The van der Waals surface area contributed by atoms with Crippen LogP contribution in [-0.2, 0) is 0 Å². The molecule has 2 nitrogen and oxygen atoms in total. The Hall–Kier alpha value is -0.860. The molecule has 1 saturated carbocycles. The van der Waals surface area contributed by atoms with Gasteiger partial charge >= 0.3 is 0 Å². The van der Waals surface area contributed by atoms with Crippen LogP contribution in [0.25, 0.3) is 0 Å². The van der Waals surface area contributed by atoms with Crippen molar-refractivity contribution in [2.24, 2.45) is 0 Å². The molecule has 1 aromatic carbocycles. The molecule has 0 spiro atoms. The Morgan fingerprint density at radius 3 is 2.21 bits per heavy atom. The standard InChI is InChI=1S/C17H27NO/c1-3-18(4-2)14-16(15-10-6-5-7-11-15)17(19)12-8-9-13-17/h5-7,10-11,16,19H,3-4,8-9,12-14H2,1-2H3/t16-/m1/s1. The number of likely N-dealkylation sites (N-methyl/N-ethyl adjacent to an activating group) is 1. The van der Waals surface area contributed by atoms with Gasteiger partial charge in [0, 0.05) is 12.5 Å². The number of nitrogens with zero attached hydrogens (tertiary/aromatic N) is 1. The average molecular weight is 261 g/mol. The van der Waals surface area contributed by atoms with Gasteiger partial charge in [-0.15, -0.1) is 0 Å². The maximum Gasteiger partial charge on any atom is 0.0728 e. The van der Waals surface area contributed by atoms with Crippen LogP contribution < -0.4 is 0 Å². The normalized spacial score (nSPS) is 19.8. The van der Waals surface area contributed by atoms with Gasteiger partial charge in [0.05, 0.1) is 5.60 Å². The zero-order valence-corrected chi connectivity index (χ0v) is 12.3. The first-order valence-electron chi connectivity index (χ1n) is 7.69. The molecule has 0 saturated heterocycles. The van der Waals surface area contributed by atoms with Crippen molar-refractivity contribution in [2.45, 2.75) is 51.0 Å². The lowest BCUT2D eigenvalue weighted by Gasteiger charge is -2.36. The summed E-state index contributed by atoms with van der Waals surface area (Å²) in [6.45, 7) is 7.47. The number of hydrogen-bond acceptors (Lipinski definition) is 2. The van der Waals surface area contributed by atoms with Crippen LogP contribution in [0.5, 0.6) is 0 Å². The van der Waals surface area contributed by atoms with Gasteiger partial charge in [0.1, 0.15) is 0 Å². The van der Waals surface area contributed by atoms with E-state index >= 15 is 0 Å². The van der Waals surface area contributed by atoms with E-state index in [-0.39, 0.29) is 5.92 Å². The molecule has 1 fully saturated rings. The van der Waals surface area contributed by atoms with Crippen molar-refractivity contribution < 1.29 is 5.11 Å². The van der Waals surface area contributed by atoms with Crippen molar-refractivity contribution in [1.29, 1.82) is 0 Å². The topological polar surface area (TPSA) is 23.5 Å². The fraction of sp³-hybridized carbons (Fsp3) is 0.647. The molecule has 1 atom stereocenters. The Bertz CT molecular complexity index is 366. The zero-order chi connectivity index (χ0) is 13.7. The van der Waals surface area contributed by atoms with Crippen LogP contribution in [0.1, 0.15) is 51.0 Å². The van der Waals surface area contributed by atoms with Gasteiger partial charge in [0.25, 0.3) is 0 Å². The number of hydrogen-bond donors (Lipinski definition) is 1. The van der Waals surface area contributed by atoms with Crippen LogP contribution in [0, 0.1) is 0 Å². The molecule has 106 valence electrons. The molecular weight excluding hydrogens is 234 g/mol. The predicted octanol–water partition coefficient (Wildman–Crippen LogP) is 3.42. The molecule has 2 heteroatoms. The lowest BCUT2D eigenvalue weighted by atomic mass is 9.80. The fourth-order valence-electron chi connectivity index (χ4n) is 3.35. The van der Waals surface area contributed by atoms with Gasteiger partial charge in [-0.1, -0.05) is 57.0 Å². The Kier molecular flexibility index (Phi) is 5.00. The molecule has 0 heterocycles. The van der Waals surface area contributed by atoms with Crippen LogP contribution in [0.15, 0.2) is 30.3 Å². The molecular formula is C17H27NO. The maximum atomic E-state index is 11.0. The smallest absolute Gasteiger partial charge is 0.0728 e. The van der Waals surface area contributed by atoms with E-state index in [1.165, 1.54) is 5.56 Å². The minimum Gasteiger partial charge on any atom is -0.389 e. The van der Waals surface area contributed by atoms with Crippen molar-refractivity contribution >= 4 is 0 Å². The highest BCUT2D eigenvalue weighted by Gasteiger charge is 2.40. The van der Waals surface area contributed by atoms with Crippen molar-refractivity contribution in [2.75, 3.05) is 19.6 Å². The van der Waals surface area contributed by atoms with Crippen molar-refractivity contribution in [1.82, 2.24) is 4.90 Å². The second-order valence-corrected chi connectivity index (χ2v) is 5.76. The monoisotopic (exact) mass is 261 g/mol. The third-order valence-corrected chi connectivity index (χ3v) is 4.66. The highest BCUT2D eigenvalue weighted by atomic mass is 16.3. The van der Waals surface area contributed by atoms with Gasteiger partial charge in [-0.3, -0.25) is 0 Å². The number of rotatable bonds is 6. The van der Waals surface area contributed by atoms with Crippen LogP contribution in [-0.4, -0.2) is 35.2 Å². The van der Waals surface area contributed by atoms with Gasteiger partial charge in [0.15, 0.2) is 0 Å². The summed E-state index contributed by atoms with van der Waals surface area (Å²) in [5, 5.41) is 11.0. The third-order valence-electron chi connectivity index (χ3n) is 4.66. The van der Waals surface area contributed by atoms with Gasteiger partial charge in [-0.05, 0) is 31.5 Å². The Labute approximate surface area is 117 Å². The second-order valence-electron chi connectivity index (χ2n) is 5.76. The Morgan fingerprint density at radius 1 is 1.11 bits per heavy atom. The Balaban J connectivity index is 2.23. The van der Waals surface area contributed by atoms with E-state index in [0.717, 1.165) is 45.3 Å². The van der Waals surface area contributed by atoms with Gasteiger partial charge < -0.3 is 10.0 Å². The summed E-state index contributed by atoms with van der Waals surface area (Å²) in [4.78, 5) is 2.42. The van der Waals surface area contributed by atoms with E-state index in [9.17, 15) is 5.11 Å². The molecule has 19 heavy (non-hydrogen) atoms. The second kappa shape index (κ2) is 6.53. The summed E-state index contributed by atoms with van der Waals surface area (Å²) in [6, 6.07) is 10.6. The highest BCUT2D eigenvalue weighted by molar-refractivity contribution is 5.24. The van der Waals surface area contributed by atoms with Crippen LogP contribution in [0.4, 0.5) is 0 Å². The third kappa shape index (κ3) is 3.37. The number of benzene rings is 1. The minimum atomic E-state index is -0.496. The van der Waals surface area contributed by atoms with E-state index in [1.807, 2.05) is 0 Å². The molecule has 2 rings (SSSR count). The number of aliphatic hydroxyl groups is 1. The van der Waals surface area contributed by atoms with Crippen molar-refractivity contribution in [3.63, 3.8) is 0 Å². The van der Waals surface area contributed by atoms with Crippen LogP contribution in [0.3, 0.4) is 0 Å². The first kappa shape index (κ1) is 14.5. The minimum absolute atomic E-state index is 0.246. The molecule has 0 unspecified atom stereocenters. The lowest BCUT2D eigenvalue weighted by Crippen LogP contribution is -2.41. The van der Waals surface area contributed by atoms with Crippen molar-refractivity contribution in [3.05, 3.63) is 35.9 Å². The quantitative estimate of drug-likeness (QED) is 0.848. The molecule has 1 N–H and O–H groups in total. The molecule has 0 amide bonds. The summed E-state index contributed by atoms with van der Waals surface area (Å²) in [6.07, 6.45) is 4.23. The van der Waals surface area contributed by atoms with Crippen molar-refractivity contribution in [3.8, 4) is 0 Å². The predicted molar refractivity (Wildman–Crippen MR) is 80.4 cm³/mol. The highest BCUT2D eigenvalue weighted by Crippen LogP contribution is 2.41. The van der Waals surface area contributed by atoms with E-state index in [2.05, 4.69) is 49.1 Å². The fourth-order valence-corrected chi connectivity index (χ4v) is 3.35. The van der Waals surface area contributed by atoms with Crippen LogP contribution in [0.2, 0.25) is 0 Å². The summed E-state index contributed by atoms with van der Waals surface area (Å²) < 4.78 is 0. The Morgan fingerprint density at radius 2 is 1.68 bits per heavy atom.